The van der Waals surface area contributed by atoms with Gasteiger partial charge in [-0.1, -0.05) is 35.3 Å². The molecular weight excluding hydrogens is 516 g/mol. The summed E-state index contributed by atoms with van der Waals surface area (Å²) < 4.78 is 77.2. The summed E-state index contributed by atoms with van der Waals surface area (Å²) in [6.45, 7) is -3.05. The number of nitrogens with one attached hydrogen (secondary N) is 2. The third kappa shape index (κ3) is 5.19. The highest BCUT2D eigenvalue weighted by Gasteiger charge is 2.22. The zero-order valence-corrected chi connectivity index (χ0v) is 19.3. The number of sulfonamides is 1. The molecule has 6 nitrogen and oxygen atoms in total. The fourth-order valence-corrected chi connectivity index (χ4v) is 4.91. The van der Waals surface area contributed by atoms with Crippen molar-refractivity contribution in [2.75, 3.05) is 4.72 Å². The van der Waals surface area contributed by atoms with Gasteiger partial charge in [0.2, 0.25) is 0 Å². The fraction of sp³-hybridized carbons (Fsp3) is 0.0909. The van der Waals surface area contributed by atoms with Crippen molar-refractivity contribution in [2.45, 2.75) is 18.1 Å². The number of hydrogen-bond donors (Lipinski definition) is 2. The molecule has 34 heavy (non-hydrogen) atoms. The minimum absolute atomic E-state index is 0.0432. The quantitative estimate of drug-likeness (QED) is 0.269. The Labute approximate surface area is 202 Å². The molecule has 0 fully saturated rings. The Hall–Kier alpha value is -3.08. The Morgan fingerprint density at radius 2 is 1.79 bits per heavy atom. The van der Waals surface area contributed by atoms with Gasteiger partial charge in [-0.05, 0) is 42.0 Å². The van der Waals surface area contributed by atoms with Gasteiger partial charge in [-0.3, -0.25) is 4.72 Å². The van der Waals surface area contributed by atoms with Crippen molar-refractivity contribution in [2.24, 2.45) is 0 Å². The zero-order valence-electron chi connectivity index (χ0n) is 17.0. The first kappa shape index (κ1) is 24.1. The number of rotatable bonds is 8. The van der Waals surface area contributed by atoms with E-state index < -0.39 is 27.3 Å². The fourth-order valence-electron chi connectivity index (χ4n) is 3.22. The van der Waals surface area contributed by atoms with Crippen molar-refractivity contribution in [1.82, 2.24) is 4.98 Å². The molecule has 1 aromatic heterocycles. The molecule has 0 spiro atoms. The van der Waals surface area contributed by atoms with Crippen molar-refractivity contribution in [1.29, 1.82) is 0 Å². The molecule has 2 N–H and O–H groups in total. The SMILES string of the molecule is O=S(=O)(Nc1ccc(Cl)c2c(Cl)c[nH]c12)c1ccc(OCc2cccc(OC(F)F)c2)cc1F. The molecule has 0 aliphatic carbocycles. The largest absolute Gasteiger partial charge is 0.489 e. The van der Waals surface area contributed by atoms with Gasteiger partial charge >= 0.3 is 6.61 Å². The standard InChI is InChI=1S/C22H15Cl2F3N2O4S/c23-15-5-6-18(21-20(15)16(24)10-28-21)29-34(30,31)19-7-4-13(9-17(19)25)32-11-12-2-1-3-14(8-12)33-22(26)27/h1-10,22,28-29H,11H2. The summed E-state index contributed by atoms with van der Waals surface area (Å²) >= 11 is 12.2. The van der Waals surface area contributed by atoms with Crippen molar-refractivity contribution in [3.63, 3.8) is 0 Å². The summed E-state index contributed by atoms with van der Waals surface area (Å²) in [5.74, 6) is -1.05. The number of fused-ring (bicyclic) bond motifs is 1. The minimum atomic E-state index is -4.31. The van der Waals surface area contributed by atoms with Gasteiger partial charge < -0.3 is 14.5 Å². The predicted molar refractivity (Wildman–Crippen MR) is 123 cm³/mol. The average molecular weight is 531 g/mol. The van der Waals surface area contributed by atoms with Crippen LogP contribution in [-0.2, 0) is 16.6 Å². The lowest BCUT2D eigenvalue weighted by Crippen LogP contribution is -2.15. The smallest absolute Gasteiger partial charge is 0.387 e. The number of alkyl halides is 2. The van der Waals surface area contributed by atoms with Crippen LogP contribution in [0.3, 0.4) is 0 Å². The maximum Gasteiger partial charge on any atom is 0.387 e. The van der Waals surface area contributed by atoms with Crippen LogP contribution in [0, 0.1) is 5.82 Å². The van der Waals surface area contributed by atoms with Crippen molar-refractivity contribution >= 4 is 49.8 Å². The summed E-state index contributed by atoms with van der Waals surface area (Å²) in [4.78, 5) is 2.23. The lowest BCUT2D eigenvalue weighted by Gasteiger charge is -2.12. The second kappa shape index (κ2) is 9.65. The molecule has 0 aliphatic rings. The van der Waals surface area contributed by atoms with E-state index in [1.165, 1.54) is 42.6 Å². The molecule has 1 heterocycles. The first-order valence-electron chi connectivity index (χ1n) is 9.58. The van der Waals surface area contributed by atoms with Crippen LogP contribution in [0.25, 0.3) is 10.9 Å². The Kier molecular flexibility index (Phi) is 6.83. The Bertz CT molecular complexity index is 1460. The third-order valence-electron chi connectivity index (χ3n) is 4.70. The van der Waals surface area contributed by atoms with Crippen LogP contribution in [-0.4, -0.2) is 20.0 Å². The highest BCUT2D eigenvalue weighted by atomic mass is 35.5. The number of aromatic nitrogens is 1. The van der Waals surface area contributed by atoms with Gasteiger partial charge in [0.25, 0.3) is 10.0 Å². The molecule has 12 heteroatoms. The predicted octanol–water partition coefficient (Wildman–Crippen LogP) is 6.60. The highest BCUT2D eigenvalue weighted by Crippen LogP contribution is 2.35. The van der Waals surface area contributed by atoms with Crippen LogP contribution in [0.5, 0.6) is 11.5 Å². The van der Waals surface area contributed by atoms with Crippen LogP contribution in [0.2, 0.25) is 10.0 Å². The van der Waals surface area contributed by atoms with E-state index >= 15 is 0 Å². The minimum Gasteiger partial charge on any atom is -0.489 e. The number of H-pyrrole nitrogens is 1. The summed E-state index contributed by atoms with van der Waals surface area (Å²) in [6.07, 6.45) is 1.46. The van der Waals surface area contributed by atoms with Crippen molar-refractivity contribution in [3.8, 4) is 11.5 Å². The van der Waals surface area contributed by atoms with Gasteiger partial charge in [0.1, 0.15) is 28.8 Å². The van der Waals surface area contributed by atoms with Gasteiger partial charge in [0, 0.05) is 17.6 Å². The molecule has 0 saturated carbocycles. The molecule has 0 radical (unpaired) electrons. The molecule has 0 aliphatic heterocycles. The second-order valence-corrected chi connectivity index (χ2v) is 9.46. The second-order valence-electron chi connectivity index (χ2n) is 6.99. The monoisotopic (exact) mass is 530 g/mol. The lowest BCUT2D eigenvalue weighted by molar-refractivity contribution is -0.0499. The van der Waals surface area contributed by atoms with E-state index in [0.717, 1.165) is 12.1 Å². The molecule has 4 rings (SSSR count). The van der Waals surface area contributed by atoms with Crippen LogP contribution in [0.1, 0.15) is 5.56 Å². The zero-order chi connectivity index (χ0) is 24.5. The summed E-state index contributed by atoms with van der Waals surface area (Å²) in [7, 11) is -4.31. The van der Waals surface area contributed by atoms with Crippen LogP contribution < -0.4 is 14.2 Å². The van der Waals surface area contributed by atoms with Crippen molar-refractivity contribution in [3.05, 3.63) is 82.2 Å². The van der Waals surface area contributed by atoms with E-state index in [1.54, 1.807) is 6.07 Å². The number of hydrogen-bond acceptors (Lipinski definition) is 4. The number of ether oxygens (including phenoxy) is 2. The molecule has 4 aromatic rings. The number of benzene rings is 3. The maximum absolute atomic E-state index is 14.7. The molecular formula is C22H15Cl2F3N2O4S. The normalized spacial score (nSPS) is 11.7. The average Bonchev–Trinajstić information content (AvgIpc) is 3.16. The number of anilines is 1. The molecule has 0 atom stereocenters. The van der Waals surface area contributed by atoms with Gasteiger partial charge in [-0.2, -0.15) is 8.78 Å². The Balaban J connectivity index is 1.51. The first-order chi connectivity index (χ1) is 16.1. The molecule has 0 unspecified atom stereocenters. The summed E-state index contributed by atoms with van der Waals surface area (Å²) in [5, 5.41) is 1.05. The van der Waals surface area contributed by atoms with E-state index in [9.17, 15) is 21.6 Å². The van der Waals surface area contributed by atoms with Gasteiger partial charge in [0.15, 0.2) is 0 Å². The number of halogens is 5. The summed E-state index contributed by atoms with van der Waals surface area (Å²) in [6, 6.07) is 12.0. The van der Waals surface area contributed by atoms with Crippen LogP contribution >= 0.6 is 23.2 Å². The van der Waals surface area contributed by atoms with E-state index in [-0.39, 0.29) is 23.8 Å². The van der Waals surface area contributed by atoms with Crippen LogP contribution in [0.15, 0.2) is 65.7 Å². The van der Waals surface area contributed by atoms with Gasteiger partial charge in [-0.15, -0.1) is 0 Å². The van der Waals surface area contributed by atoms with Crippen molar-refractivity contribution < 1.29 is 31.1 Å². The molecule has 0 saturated heterocycles. The lowest BCUT2D eigenvalue weighted by atomic mass is 10.2. The van der Waals surface area contributed by atoms with Gasteiger partial charge in [0.05, 0.1) is 21.2 Å². The molecule has 0 bridgehead atoms. The number of aromatic amines is 1. The van der Waals surface area contributed by atoms with E-state index in [4.69, 9.17) is 27.9 Å². The van der Waals surface area contributed by atoms with Gasteiger partial charge in [-0.25, -0.2) is 12.8 Å². The first-order valence-corrected chi connectivity index (χ1v) is 11.8. The van der Waals surface area contributed by atoms with E-state index in [2.05, 4.69) is 14.4 Å². The molecule has 3 aromatic carbocycles. The third-order valence-corrected chi connectivity index (χ3v) is 6.71. The summed E-state index contributed by atoms with van der Waals surface area (Å²) in [5.41, 5.74) is 0.977. The van der Waals surface area contributed by atoms with E-state index in [0.29, 0.717) is 26.5 Å². The maximum atomic E-state index is 14.7. The topological polar surface area (TPSA) is 80.4 Å². The Morgan fingerprint density at radius 3 is 2.53 bits per heavy atom. The molecule has 0 amide bonds. The van der Waals surface area contributed by atoms with Crippen LogP contribution in [0.4, 0.5) is 18.9 Å². The molecule has 178 valence electrons. The van der Waals surface area contributed by atoms with E-state index in [1.807, 2.05) is 0 Å². The Morgan fingerprint density at radius 1 is 1.00 bits per heavy atom. The highest BCUT2D eigenvalue weighted by molar-refractivity contribution is 7.92.